The van der Waals surface area contributed by atoms with Crippen molar-refractivity contribution in [3.05, 3.63) is 47.0 Å². The summed E-state index contributed by atoms with van der Waals surface area (Å²) in [4.78, 5) is 6.78. The Kier molecular flexibility index (Phi) is 4.96. The fourth-order valence-electron chi connectivity index (χ4n) is 3.43. The van der Waals surface area contributed by atoms with Crippen molar-refractivity contribution in [2.45, 2.75) is 24.4 Å². The molecule has 0 bridgehead atoms. The molecule has 0 amide bonds. The lowest BCUT2D eigenvalue weighted by atomic mass is 9.70. The number of anilines is 1. The van der Waals surface area contributed by atoms with Crippen LogP contribution in [-0.4, -0.2) is 52.4 Å². The molecule has 3 rings (SSSR count). The number of aromatic nitrogens is 1. The number of aliphatic hydroxyl groups excluding tert-OH is 2. The normalized spacial score (nSPS) is 19.6. The number of piperidine rings is 1. The minimum Gasteiger partial charge on any atom is -0.394 e. The summed E-state index contributed by atoms with van der Waals surface area (Å²) >= 11 is 1.49. The fourth-order valence-corrected chi connectivity index (χ4v) is 4.09. The molecule has 23 heavy (non-hydrogen) atoms. The number of hydrogen-bond donors (Lipinski definition) is 3. The maximum atomic E-state index is 9.66. The molecule has 0 spiro atoms. The zero-order valence-electron chi connectivity index (χ0n) is 13.1. The highest BCUT2D eigenvalue weighted by Crippen LogP contribution is 2.42. The van der Waals surface area contributed by atoms with E-state index in [-0.39, 0.29) is 12.0 Å². The van der Waals surface area contributed by atoms with Crippen LogP contribution in [0.15, 0.2) is 35.7 Å². The highest BCUT2D eigenvalue weighted by atomic mass is 32.1. The van der Waals surface area contributed by atoms with E-state index in [2.05, 4.69) is 39.5 Å². The molecule has 2 aromatic rings. The maximum absolute atomic E-state index is 9.66. The lowest BCUT2D eigenvalue weighted by Crippen LogP contribution is -2.46. The Labute approximate surface area is 140 Å². The van der Waals surface area contributed by atoms with Crippen LogP contribution < -0.4 is 5.73 Å². The monoisotopic (exact) mass is 333 g/mol. The van der Waals surface area contributed by atoms with Crippen LogP contribution in [0.3, 0.4) is 0 Å². The van der Waals surface area contributed by atoms with Crippen LogP contribution in [0.4, 0.5) is 5.13 Å². The van der Waals surface area contributed by atoms with E-state index in [0.29, 0.717) is 11.7 Å². The molecule has 1 atom stereocenters. The van der Waals surface area contributed by atoms with Gasteiger partial charge >= 0.3 is 0 Å². The second-order valence-electron chi connectivity index (χ2n) is 6.16. The SMILES string of the molecule is Nc1nc(C2(c3ccccc3)CCN(CC(O)CO)CC2)cs1. The van der Waals surface area contributed by atoms with E-state index in [9.17, 15) is 5.11 Å². The molecule has 1 aromatic heterocycles. The molecule has 0 saturated carbocycles. The van der Waals surface area contributed by atoms with Gasteiger partial charge in [-0.05, 0) is 31.5 Å². The largest absolute Gasteiger partial charge is 0.394 e. The summed E-state index contributed by atoms with van der Waals surface area (Å²) in [6.07, 6.45) is 1.19. The van der Waals surface area contributed by atoms with Gasteiger partial charge in [0.2, 0.25) is 0 Å². The molecule has 5 nitrogen and oxygen atoms in total. The number of likely N-dealkylation sites (tertiary alicyclic amines) is 1. The van der Waals surface area contributed by atoms with Gasteiger partial charge in [-0.3, -0.25) is 0 Å². The molecule has 1 aliphatic rings. The second kappa shape index (κ2) is 6.97. The van der Waals surface area contributed by atoms with Crippen LogP contribution in [0.2, 0.25) is 0 Å². The molecular weight excluding hydrogens is 310 g/mol. The van der Waals surface area contributed by atoms with Crippen LogP contribution in [0, 0.1) is 0 Å². The first-order valence-corrected chi connectivity index (χ1v) is 8.80. The number of hydrogen-bond acceptors (Lipinski definition) is 6. The summed E-state index contributed by atoms with van der Waals surface area (Å²) in [5, 5.41) is 21.4. The summed E-state index contributed by atoms with van der Waals surface area (Å²) in [5.41, 5.74) is 8.08. The van der Waals surface area contributed by atoms with Crippen molar-refractivity contribution in [1.29, 1.82) is 0 Å². The van der Waals surface area contributed by atoms with E-state index < -0.39 is 6.10 Å². The number of thiazole rings is 1. The van der Waals surface area contributed by atoms with Gasteiger partial charge in [0.25, 0.3) is 0 Å². The summed E-state index contributed by atoms with van der Waals surface area (Å²) < 4.78 is 0. The van der Waals surface area contributed by atoms with Crippen molar-refractivity contribution in [2.75, 3.05) is 32.0 Å². The lowest BCUT2D eigenvalue weighted by molar-refractivity contribution is 0.0464. The summed E-state index contributed by atoms with van der Waals surface area (Å²) in [5.74, 6) is 0. The van der Waals surface area contributed by atoms with Crippen molar-refractivity contribution in [3.8, 4) is 0 Å². The van der Waals surface area contributed by atoms with Gasteiger partial charge in [0, 0.05) is 17.3 Å². The van der Waals surface area contributed by atoms with E-state index >= 15 is 0 Å². The molecule has 1 fully saturated rings. The zero-order valence-corrected chi connectivity index (χ0v) is 13.9. The predicted molar refractivity (Wildman–Crippen MR) is 92.5 cm³/mol. The number of nitrogen functional groups attached to an aromatic ring is 1. The average Bonchev–Trinajstić information content (AvgIpc) is 3.03. The first kappa shape index (κ1) is 16.4. The standard InChI is InChI=1S/C17H23N3O2S/c18-16-19-15(12-23-16)17(13-4-2-1-3-5-13)6-8-20(9-7-17)10-14(22)11-21/h1-5,12,14,21-22H,6-11H2,(H2,18,19). The van der Waals surface area contributed by atoms with Gasteiger partial charge in [0.05, 0.1) is 18.4 Å². The van der Waals surface area contributed by atoms with E-state index in [1.807, 2.05) is 6.07 Å². The van der Waals surface area contributed by atoms with Crippen molar-refractivity contribution >= 4 is 16.5 Å². The Morgan fingerprint density at radius 1 is 1.26 bits per heavy atom. The van der Waals surface area contributed by atoms with Gasteiger partial charge in [0.1, 0.15) is 0 Å². The van der Waals surface area contributed by atoms with Gasteiger partial charge in [-0.25, -0.2) is 4.98 Å². The van der Waals surface area contributed by atoms with E-state index in [0.717, 1.165) is 31.6 Å². The Morgan fingerprint density at radius 2 is 1.96 bits per heavy atom. The molecule has 4 N–H and O–H groups in total. The van der Waals surface area contributed by atoms with E-state index in [1.165, 1.54) is 16.9 Å². The van der Waals surface area contributed by atoms with E-state index in [1.54, 1.807) is 0 Å². The molecule has 0 radical (unpaired) electrons. The smallest absolute Gasteiger partial charge is 0.180 e. The molecular formula is C17H23N3O2S. The Hall–Kier alpha value is -1.47. The topological polar surface area (TPSA) is 82.6 Å². The molecule has 0 aliphatic carbocycles. The highest BCUT2D eigenvalue weighted by molar-refractivity contribution is 7.13. The lowest BCUT2D eigenvalue weighted by Gasteiger charge is -2.41. The molecule has 124 valence electrons. The van der Waals surface area contributed by atoms with Gasteiger partial charge in [-0.15, -0.1) is 11.3 Å². The Morgan fingerprint density at radius 3 is 2.52 bits per heavy atom. The van der Waals surface area contributed by atoms with Gasteiger partial charge in [-0.1, -0.05) is 30.3 Å². The van der Waals surface area contributed by atoms with E-state index in [4.69, 9.17) is 10.8 Å². The molecule has 1 aromatic carbocycles. The quantitative estimate of drug-likeness (QED) is 0.772. The summed E-state index contributed by atoms with van der Waals surface area (Å²) in [6, 6.07) is 10.5. The fraction of sp³-hybridized carbons (Fsp3) is 0.471. The maximum Gasteiger partial charge on any atom is 0.180 e. The van der Waals surface area contributed by atoms with Crippen LogP contribution in [0.1, 0.15) is 24.1 Å². The minimum absolute atomic E-state index is 0.115. The predicted octanol–water partition coefficient (Wildman–Crippen LogP) is 1.46. The van der Waals surface area contributed by atoms with Crippen LogP contribution in [0.5, 0.6) is 0 Å². The Balaban J connectivity index is 1.85. The number of nitrogens with zero attached hydrogens (tertiary/aromatic N) is 2. The highest BCUT2D eigenvalue weighted by Gasteiger charge is 2.39. The minimum atomic E-state index is -0.672. The van der Waals surface area contributed by atoms with Crippen molar-refractivity contribution in [1.82, 2.24) is 9.88 Å². The summed E-state index contributed by atoms with van der Waals surface area (Å²) in [6.45, 7) is 2.05. The molecule has 2 heterocycles. The zero-order chi connectivity index (χ0) is 16.3. The van der Waals surface area contributed by atoms with Crippen LogP contribution in [-0.2, 0) is 5.41 Å². The average molecular weight is 333 g/mol. The number of β-amino-alcohol motifs (C(OH)–C–C–N with tert-alkyl or cyclic N) is 1. The van der Waals surface area contributed by atoms with Gasteiger partial charge < -0.3 is 20.8 Å². The number of nitrogens with two attached hydrogens (primary N) is 1. The van der Waals surface area contributed by atoms with Crippen molar-refractivity contribution < 1.29 is 10.2 Å². The van der Waals surface area contributed by atoms with Crippen molar-refractivity contribution in [2.24, 2.45) is 0 Å². The van der Waals surface area contributed by atoms with Crippen molar-refractivity contribution in [3.63, 3.8) is 0 Å². The van der Waals surface area contributed by atoms with Crippen LogP contribution in [0.25, 0.3) is 0 Å². The number of aliphatic hydroxyl groups is 2. The third kappa shape index (κ3) is 3.40. The van der Waals surface area contributed by atoms with Gasteiger partial charge in [0.15, 0.2) is 5.13 Å². The molecule has 1 unspecified atom stereocenters. The Bertz CT molecular complexity index is 624. The number of benzene rings is 1. The molecule has 6 heteroatoms. The first-order chi connectivity index (χ1) is 11.1. The number of rotatable bonds is 5. The first-order valence-electron chi connectivity index (χ1n) is 7.92. The third-order valence-electron chi connectivity index (χ3n) is 4.73. The van der Waals surface area contributed by atoms with Gasteiger partial charge in [-0.2, -0.15) is 0 Å². The second-order valence-corrected chi connectivity index (χ2v) is 7.05. The van der Waals surface area contributed by atoms with Crippen LogP contribution >= 0.6 is 11.3 Å². The summed E-state index contributed by atoms with van der Waals surface area (Å²) in [7, 11) is 0. The third-order valence-corrected chi connectivity index (χ3v) is 5.40. The molecule has 1 aliphatic heterocycles. The molecule has 1 saturated heterocycles.